The van der Waals surface area contributed by atoms with E-state index in [2.05, 4.69) is 0 Å². The number of benzene rings is 1. The first kappa shape index (κ1) is 14.9. The van der Waals surface area contributed by atoms with Gasteiger partial charge < -0.3 is 14.7 Å². The van der Waals surface area contributed by atoms with Crippen molar-refractivity contribution in [2.45, 2.75) is 38.6 Å². The number of rotatable bonds is 5. The van der Waals surface area contributed by atoms with Gasteiger partial charge in [0.25, 0.3) is 5.91 Å². The highest BCUT2D eigenvalue weighted by Crippen LogP contribution is 2.21. The molecule has 4 nitrogen and oxygen atoms in total. The van der Waals surface area contributed by atoms with Gasteiger partial charge in [0.05, 0.1) is 0 Å². The smallest absolute Gasteiger partial charge is 0.260 e. The molecule has 4 heteroatoms. The van der Waals surface area contributed by atoms with Crippen LogP contribution < -0.4 is 4.74 Å². The summed E-state index contributed by atoms with van der Waals surface area (Å²) in [5.74, 6) is 0.781. The van der Waals surface area contributed by atoms with E-state index in [1.165, 1.54) is 0 Å². The number of carbonyl (C=O) groups is 1. The number of ether oxygens (including phenoxy) is 1. The molecule has 0 bridgehead atoms. The third-order valence-corrected chi connectivity index (χ3v) is 3.85. The van der Waals surface area contributed by atoms with Crippen LogP contribution >= 0.6 is 0 Å². The lowest BCUT2D eigenvalue weighted by Gasteiger charge is -2.35. The van der Waals surface area contributed by atoms with Crippen LogP contribution in [0.3, 0.4) is 0 Å². The summed E-state index contributed by atoms with van der Waals surface area (Å²) in [6, 6.07) is 7.87. The molecule has 0 saturated carbocycles. The number of amides is 1. The number of aliphatic hydroxyl groups is 1. The molecule has 1 atom stereocenters. The Balaban J connectivity index is 1.91. The van der Waals surface area contributed by atoms with E-state index in [1.54, 1.807) is 0 Å². The Morgan fingerprint density at radius 1 is 1.40 bits per heavy atom. The highest BCUT2D eigenvalue weighted by molar-refractivity contribution is 5.78. The van der Waals surface area contributed by atoms with Gasteiger partial charge in [0.1, 0.15) is 5.75 Å². The fourth-order valence-corrected chi connectivity index (χ4v) is 2.72. The molecule has 0 spiro atoms. The lowest BCUT2D eigenvalue weighted by Crippen LogP contribution is -2.46. The van der Waals surface area contributed by atoms with Crippen molar-refractivity contribution in [3.05, 3.63) is 29.8 Å². The first-order valence-corrected chi connectivity index (χ1v) is 7.31. The minimum absolute atomic E-state index is 0.0198. The molecule has 1 aromatic rings. The number of hydrogen-bond donors (Lipinski definition) is 1. The van der Waals surface area contributed by atoms with Crippen molar-refractivity contribution < 1.29 is 14.6 Å². The summed E-state index contributed by atoms with van der Waals surface area (Å²) in [6.45, 7) is 2.95. The van der Waals surface area contributed by atoms with Crippen molar-refractivity contribution in [2.75, 3.05) is 19.8 Å². The van der Waals surface area contributed by atoms with Crippen LogP contribution in [0.4, 0.5) is 0 Å². The molecule has 1 aliphatic rings. The SMILES string of the molecule is Cc1ccccc1OCC(=O)N1CCCCC1CCO. The number of aryl methyl sites for hydroxylation is 1. The average molecular weight is 277 g/mol. The van der Waals surface area contributed by atoms with Crippen molar-refractivity contribution in [3.8, 4) is 5.75 Å². The van der Waals surface area contributed by atoms with Crippen LogP contribution in [0, 0.1) is 6.92 Å². The van der Waals surface area contributed by atoms with Gasteiger partial charge in [-0.25, -0.2) is 0 Å². The van der Waals surface area contributed by atoms with Gasteiger partial charge in [-0.05, 0) is 44.2 Å². The normalized spacial score (nSPS) is 18.9. The zero-order chi connectivity index (χ0) is 14.4. The Bertz CT molecular complexity index is 445. The summed E-state index contributed by atoms with van der Waals surface area (Å²) >= 11 is 0. The fraction of sp³-hybridized carbons (Fsp3) is 0.562. The molecular weight excluding hydrogens is 254 g/mol. The van der Waals surface area contributed by atoms with Crippen LogP contribution in [0.5, 0.6) is 5.75 Å². The Labute approximate surface area is 120 Å². The second-order valence-electron chi connectivity index (χ2n) is 5.30. The van der Waals surface area contributed by atoms with E-state index in [-0.39, 0.29) is 25.2 Å². The van der Waals surface area contributed by atoms with Crippen LogP contribution in [0.25, 0.3) is 0 Å². The number of carbonyl (C=O) groups excluding carboxylic acids is 1. The molecule has 0 aromatic heterocycles. The van der Waals surface area contributed by atoms with Gasteiger partial charge in [-0.3, -0.25) is 4.79 Å². The van der Waals surface area contributed by atoms with Crippen molar-refractivity contribution in [2.24, 2.45) is 0 Å². The standard InChI is InChI=1S/C16H23NO3/c1-13-6-2-3-8-15(13)20-12-16(19)17-10-5-4-7-14(17)9-11-18/h2-3,6,8,14,18H,4-5,7,9-12H2,1H3. The van der Waals surface area contributed by atoms with Gasteiger partial charge >= 0.3 is 0 Å². The molecule has 1 aliphatic heterocycles. The summed E-state index contributed by atoms with van der Waals surface area (Å²) in [6.07, 6.45) is 3.82. The summed E-state index contributed by atoms with van der Waals surface area (Å²) in [5.41, 5.74) is 1.03. The molecule has 20 heavy (non-hydrogen) atoms. The van der Waals surface area contributed by atoms with E-state index in [0.717, 1.165) is 37.1 Å². The molecule has 1 fully saturated rings. The molecule has 1 aromatic carbocycles. The largest absolute Gasteiger partial charge is 0.484 e. The van der Waals surface area contributed by atoms with E-state index in [9.17, 15) is 4.79 Å². The van der Waals surface area contributed by atoms with Crippen molar-refractivity contribution in [3.63, 3.8) is 0 Å². The van der Waals surface area contributed by atoms with Crippen LogP contribution in [0.15, 0.2) is 24.3 Å². The molecule has 1 saturated heterocycles. The minimum Gasteiger partial charge on any atom is -0.484 e. The van der Waals surface area contributed by atoms with Gasteiger partial charge in [0.15, 0.2) is 6.61 Å². The Morgan fingerprint density at radius 2 is 2.20 bits per heavy atom. The van der Waals surface area contributed by atoms with E-state index in [4.69, 9.17) is 9.84 Å². The molecule has 0 aliphatic carbocycles. The number of para-hydroxylation sites is 1. The lowest BCUT2D eigenvalue weighted by molar-refractivity contribution is -0.137. The summed E-state index contributed by atoms with van der Waals surface area (Å²) in [4.78, 5) is 14.2. The number of likely N-dealkylation sites (tertiary alicyclic amines) is 1. The quantitative estimate of drug-likeness (QED) is 0.897. The highest BCUT2D eigenvalue weighted by Gasteiger charge is 2.26. The lowest BCUT2D eigenvalue weighted by atomic mass is 9.99. The van der Waals surface area contributed by atoms with Gasteiger partial charge in [-0.15, -0.1) is 0 Å². The van der Waals surface area contributed by atoms with Crippen LogP contribution in [0.1, 0.15) is 31.2 Å². The molecule has 1 amide bonds. The second kappa shape index (κ2) is 7.29. The summed E-state index contributed by atoms with van der Waals surface area (Å²) in [5, 5.41) is 9.09. The number of aliphatic hydroxyl groups excluding tert-OH is 1. The summed E-state index contributed by atoms with van der Waals surface area (Å²) < 4.78 is 5.62. The van der Waals surface area contributed by atoms with E-state index in [0.29, 0.717) is 6.42 Å². The van der Waals surface area contributed by atoms with Crippen molar-refractivity contribution in [1.82, 2.24) is 4.90 Å². The highest BCUT2D eigenvalue weighted by atomic mass is 16.5. The third-order valence-electron chi connectivity index (χ3n) is 3.85. The number of nitrogens with zero attached hydrogens (tertiary/aromatic N) is 1. The molecule has 1 heterocycles. The Morgan fingerprint density at radius 3 is 2.95 bits per heavy atom. The van der Waals surface area contributed by atoms with E-state index >= 15 is 0 Å². The maximum Gasteiger partial charge on any atom is 0.260 e. The predicted octanol–water partition coefficient (Wildman–Crippen LogP) is 2.14. The Hall–Kier alpha value is -1.55. The molecule has 1 unspecified atom stereocenters. The molecule has 110 valence electrons. The maximum atomic E-state index is 12.3. The van der Waals surface area contributed by atoms with E-state index < -0.39 is 0 Å². The predicted molar refractivity (Wildman–Crippen MR) is 77.7 cm³/mol. The van der Waals surface area contributed by atoms with Gasteiger partial charge in [-0.1, -0.05) is 18.2 Å². The third kappa shape index (κ3) is 3.73. The first-order valence-electron chi connectivity index (χ1n) is 7.31. The van der Waals surface area contributed by atoms with Crippen LogP contribution in [-0.4, -0.2) is 41.7 Å². The van der Waals surface area contributed by atoms with E-state index in [1.807, 2.05) is 36.1 Å². The maximum absolute atomic E-state index is 12.3. The van der Waals surface area contributed by atoms with Gasteiger partial charge in [0.2, 0.25) is 0 Å². The zero-order valence-electron chi connectivity index (χ0n) is 12.0. The first-order chi connectivity index (χ1) is 9.72. The fourth-order valence-electron chi connectivity index (χ4n) is 2.72. The van der Waals surface area contributed by atoms with Gasteiger partial charge in [-0.2, -0.15) is 0 Å². The second-order valence-corrected chi connectivity index (χ2v) is 5.30. The van der Waals surface area contributed by atoms with Crippen LogP contribution in [0.2, 0.25) is 0 Å². The molecular formula is C16H23NO3. The van der Waals surface area contributed by atoms with Gasteiger partial charge in [0, 0.05) is 19.2 Å². The van der Waals surface area contributed by atoms with Crippen molar-refractivity contribution in [1.29, 1.82) is 0 Å². The van der Waals surface area contributed by atoms with Crippen LogP contribution in [-0.2, 0) is 4.79 Å². The minimum atomic E-state index is 0.0198. The Kier molecular flexibility index (Phi) is 5.41. The monoisotopic (exact) mass is 277 g/mol. The molecule has 1 N–H and O–H groups in total. The molecule has 2 rings (SSSR count). The molecule has 0 radical (unpaired) electrons. The topological polar surface area (TPSA) is 49.8 Å². The zero-order valence-corrected chi connectivity index (χ0v) is 12.0. The average Bonchev–Trinajstić information content (AvgIpc) is 2.47. The summed E-state index contributed by atoms with van der Waals surface area (Å²) in [7, 11) is 0. The number of piperidine rings is 1. The van der Waals surface area contributed by atoms with Crippen molar-refractivity contribution >= 4 is 5.91 Å². The number of hydrogen-bond acceptors (Lipinski definition) is 3.